The molecule has 0 saturated carbocycles. The summed E-state index contributed by atoms with van der Waals surface area (Å²) in [5.74, 6) is -2.08. The molecular weight excluding hydrogens is 322 g/mol. The number of esters is 1. The third kappa shape index (κ3) is 4.51. The smallest absolute Gasteiger partial charge is 0.328 e. The molecule has 0 saturated heterocycles. The molecule has 132 valence electrons. The van der Waals surface area contributed by atoms with E-state index in [0.29, 0.717) is 0 Å². The average molecular weight is 341 g/mol. The van der Waals surface area contributed by atoms with Crippen LogP contribution in [0.15, 0.2) is 0 Å². The number of carbonyl (C=O) groups excluding carboxylic acids is 3. The summed E-state index contributed by atoms with van der Waals surface area (Å²) in [6.45, 7) is 5.72. The van der Waals surface area contributed by atoms with Crippen molar-refractivity contribution in [1.29, 1.82) is 0 Å². The van der Waals surface area contributed by atoms with Crippen molar-refractivity contribution in [2.75, 3.05) is 0 Å². The van der Waals surface area contributed by atoms with Gasteiger partial charge in [-0.1, -0.05) is 13.8 Å². The zero-order valence-corrected chi connectivity index (χ0v) is 13.7. The minimum Gasteiger partial charge on any atom is -0.451 e. The van der Waals surface area contributed by atoms with E-state index in [1.807, 2.05) is 5.32 Å². The van der Waals surface area contributed by atoms with Crippen LogP contribution < -0.4 is 11.1 Å². The zero-order valence-electron chi connectivity index (χ0n) is 13.7. The Morgan fingerprint density at radius 1 is 1.38 bits per heavy atom. The number of carbonyl (C=O) groups is 3. The van der Waals surface area contributed by atoms with Gasteiger partial charge < -0.3 is 10.5 Å². The number of imide groups is 1. The fraction of sp³-hybridized carbons (Fsp3) is 0.538. The highest BCUT2D eigenvalue weighted by atomic mass is 16.6. The lowest BCUT2D eigenvalue weighted by Gasteiger charge is -2.19. The summed E-state index contributed by atoms with van der Waals surface area (Å²) in [7, 11) is 0. The number of primary amides is 1. The Kier molecular flexibility index (Phi) is 5.98. The first kappa shape index (κ1) is 19.1. The number of nitrogens with one attached hydrogen (secondary N) is 1. The van der Waals surface area contributed by atoms with E-state index >= 15 is 0 Å². The fourth-order valence-electron chi connectivity index (χ4n) is 2.09. The number of hydrogen-bond acceptors (Lipinski definition) is 7. The Labute approximate surface area is 137 Å². The van der Waals surface area contributed by atoms with Crippen molar-refractivity contribution in [2.24, 2.45) is 11.7 Å². The Balaban J connectivity index is 2.87. The first-order valence-corrected chi connectivity index (χ1v) is 7.02. The van der Waals surface area contributed by atoms with Crippen molar-refractivity contribution in [3.8, 4) is 0 Å². The van der Waals surface area contributed by atoms with E-state index in [1.165, 1.54) is 13.8 Å². The highest BCUT2D eigenvalue weighted by Gasteiger charge is 2.29. The average Bonchev–Trinajstić information content (AvgIpc) is 2.69. The van der Waals surface area contributed by atoms with Gasteiger partial charge in [-0.2, -0.15) is 5.10 Å². The SMILES string of the molecule is Cc1nn(CC(=O)O[C@H](C(=O)NC(N)=O)C(C)C)c(C)c1[N+](=O)[O-]. The summed E-state index contributed by atoms with van der Waals surface area (Å²) in [6.07, 6.45) is -1.23. The van der Waals surface area contributed by atoms with Crippen molar-refractivity contribution < 1.29 is 24.0 Å². The molecule has 3 N–H and O–H groups in total. The lowest BCUT2D eigenvalue weighted by molar-refractivity contribution is -0.386. The van der Waals surface area contributed by atoms with E-state index in [-0.39, 0.29) is 17.1 Å². The van der Waals surface area contributed by atoms with E-state index in [2.05, 4.69) is 5.10 Å². The molecule has 0 aliphatic carbocycles. The van der Waals surface area contributed by atoms with Crippen LogP contribution in [0.25, 0.3) is 0 Å². The van der Waals surface area contributed by atoms with Gasteiger partial charge in [-0.15, -0.1) is 0 Å². The molecule has 11 nitrogen and oxygen atoms in total. The second-order valence-electron chi connectivity index (χ2n) is 5.44. The third-order valence-corrected chi connectivity index (χ3v) is 3.17. The predicted octanol–water partition coefficient (Wildman–Crippen LogP) is 0.171. The number of rotatable bonds is 6. The lowest BCUT2D eigenvalue weighted by Crippen LogP contribution is -2.46. The summed E-state index contributed by atoms with van der Waals surface area (Å²) in [5.41, 5.74) is 5.03. The van der Waals surface area contributed by atoms with Crippen molar-refractivity contribution in [1.82, 2.24) is 15.1 Å². The lowest BCUT2D eigenvalue weighted by atomic mass is 10.1. The highest BCUT2D eigenvalue weighted by molar-refractivity contribution is 5.96. The minimum atomic E-state index is -1.23. The molecule has 24 heavy (non-hydrogen) atoms. The van der Waals surface area contributed by atoms with E-state index in [9.17, 15) is 24.5 Å². The first-order valence-electron chi connectivity index (χ1n) is 7.02. The molecular formula is C13H19N5O6. The summed E-state index contributed by atoms with van der Waals surface area (Å²) in [5, 5.41) is 16.7. The van der Waals surface area contributed by atoms with Crippen LogP contribution in [0, 0.1) is 29.9 Å². The van der Waals surface area contributed by atoms with Gasteiger partial charge in [0, 0.05) is 0 Å². The molecule has 0 unspecified atom stereocenters. The Hall–Kier alpha value is -2.98. The molecule has 0 aromatic carbocycles. The van der Waals surface area contributed by atoms with Gasteiger partial charge >= 0.3 is 17.7 Å². The number of nitrogens with zero attached hydrogens (tertiary/aromatic N) is 3. The second-order valence-corrected chi connectivity index (χ2v) is 5.44. The van der Waals surface area contributed by atoms with Crippen LogP contribution in [0.1, 0.15) is 25.2 Å². The Bertz CT molecular complexity index is 681. The van der Waals surface area contributed by atoms with Crippen LogP contribution in [-0.4, -0.2) is 38.7 Å². The number of ether oxygens (including phenoxy) is 1. The largest absolute Gasteiger partial charge is 0.451 e. The number of hydrogen-bond donors (Lipinski definition) is 2. The molecule has 0 spiro atoms. The van der Waals surface area contributed by atoms with E-state index in [1.54, 1.807) is 13.8 Å². The van der Waals surface area contributed by atoms with Crippen molar-refractivity contribution in [2.45, 2.75) is 40.3 Å². The number of aryl methyl sites for hydroxylation is 1. The molecule has 0 aliphatic heterocycles. The monoisotopic (exact) mass is 341 g/mol. The van der Waals surface area contributed by atoms with Crippen LogP contribution >= 0.6 is 0 Å². The highest BCUT2D eigenvalue weighted by Crippen LogP contribution is 2.21. The fourth-order valence-corrected chi connectivity index (χ4v) is 2.09. The van der Waals surface area contributed by atoms with Crippen molar-refractivity contribution >= 4 is 23.6 Å². The third-order valence-electron chi connectivity index (χ3n) is 3.17. The van der Waals surface area contributed by atoms with Gasteiger partial charge in [0.25, 0.3) is 5.91 Å². The molecule has 1 aromatic rings. The zero-order chi connectivity index (χ0) is 18.6. The van der Waals surface area contributed by atoms with Crippen LogP contribution in [0.3, 0.4) is 0 Å². The van der Waals surface area contributed by atoms with Crippen LogP contribution in [0.4, 0.5) is 10.5 Å². The van der Waals surface area contributed by atoms with Gasteiger partial charge in [-0.3, -0.25) is 29.7 Å². The summed E-state index contributed by atoms with van der Waals surface area (Å²) < 4.78 is 6.18. The normalized spacial score (nSPS) is 11.9. The van der Waals surface area contributed by atoms with Gasteiger partial charge in [0.05, 0.1) is 4.92 Å². The summed E-state index contributed by atoms with van der Waals surface area (Å²) in [6, 6.07) is -1.06. The van der Waals surface area contributed by atoms with Gasteiger partial charge in [-0.25, -0.2) is 4.79 Å². The maximum absolute atomic E-state index is 12.0. The maximum Gasteiger partial charge on any atom is 0.328 e. The van der Waals surface area contributed by atoms with E-state index in [4.69, 9.17) is 10.5 Å². The summed E-state index contributed by atoms with van der Waals surface area (Å²) >= 11 is 0. The predicted molar refractivity (Wildman–Crippen MR) is 80.8 cm³/mol. The Morgan fingerprint density at radius 3 is 2.38 bits per heavy atom. The molecule has 0 bridgehead atoms. The second kappa shape index (κ2) is 7.53. The minimum absolute atomic E-state index is 0.164. The Morgan fingerprint density at radius 2 is 1.96 bits per heavy atom. The number of urea groups is 1. The quantitative estimate of drug-likeness (QED) is 0.423. The number of nitrogens with two attached hydrogens (primary N) is 1. The molecule has 1 aromatic heterocycles. The topological polar surface area (TPSA) is 159 Å². The van der Waals surface area contributed by atoms with Gasteiger partial charge in [0.1, 0.15) is 17.9 Å². The molecule has 0 aliphatic rings. The number of aromatic nitrogens is 2. The maximum atomic E-state index is 12.0. The van der Waals surface area contributed by atoms with Crippen molar-refractivity contribution in [3.05, 3.63) is 21.5 Å². The van der Waals surface area contributed by atoms with Crippen LogP contribution in [-0.2, 0) is 20.9 Å². The molecule has 1 rings (SSSR count). The number of nitro groups is 1. The molecule has 11 heteroatoms. The van der Waals surface area contributed by atoms with E-state index < -0.39 is 41.4 Å². The molecule has 0 fully saturated rings. The van der Waals surface area contributed by atoms with Crippen LogP contribution in [0.2, 0.25) is 0 Å². The number of amides is 3. The summed E-state index contributed by atoms with van der Waals surface area (Å²) in [4.78, 5) is 44.9. The van der Waals surface area contributed by atoms with Crippen LogP contribution in [0.5, 0.6) is 0 Å². The van der Waals surface area contributed by atoms with Gasteiger partial charge in [0.15, 0.2) is 6.10 Å². The van der Waals surface area contributed by atoms with Gasteiger partial charge in [-0.05, 0) is 19.8 Å². The van der Waals surface area contributed by atoms with Crippen molar-refractivity contribution in [3.63, 3.8) is 0 Å². The molecule has 1 heterocycles. The van der Waals surface area contributed by atoms with E-state index in [0.717, 1.165) is 4.68 Å². The first-order chi connectivity index (χ1) is 11.0. The van der Waals surface area contributed by atoms with Gasteiger partial charge in [0.2, 0.25) is 0 Å². The molecule has 1 atom stereocenters. The molecule has 0 radical (unpaired) electrons. The molecule has 3 amide bonds. The standard InChI is InChI=1S/C13H19N5O6/c1-6(2)11(12(20)15-13(14)21)24-9(19)5-17-8(4)10(18(22)23)7(3)16-17/h6,11H,5H2,1-4H3,(H3,14,15,20,21)/t11-/m0/s1.